The minimum absolute atomic E-state index is 0.0173. The minimum atomic E-state index is -3.21. The third-order valence-electron chi connectivity index (χ3n) is 3.66. The zero-order chi connectivity index (χ0) is 20.9. The Morgan fingerprint density at radius 1 is 0.815 bits per heavy atom. The normalized spacial score (nSPS) is 13.6. The molecule has 0 saturated carbocycles. The fourth-order valence-electron chi connectivity index (χ4n) is 2.43. The largest absolute Gasteiger partial charge is 0.365 e. The Bertz CT molecular complexity index is 527. The number of ether oxygens (including phenoxy) is 1. The van der Waals surface area contributed by atoms with Crippen LogP contribution in [0.2, 0.25) is 0 Å². The second-order valence-corrected chi connectivity index (χ2v) is 9.78. The molecule has 0 bridgehead atoms. The number of rotatable bonds is 14. The molecule has 158 valence electrons. The average molecular weight is 401 g/mol. The lowest BCUT2D eigenvalue weighted by Crippen LogP contribution is -2.11. The molecule has 4 nitrogen and oxygen atoms in total. The summed E-state index contributed by atoms with van der Waals surface area (Å²) in [5.41, 5.74) is 4.09. The SMILES string of the molecule is CC(C)=CCC/C(C)=C/CC/C(C)=C/COCP(=O)(OC(C)C)OC(C)C. The van der Waals surface area contributed by atoms with Crippen LogP contribution in [0.3, 0.4) is 0 Å². The van der Waals surface area contributed by atoms with E-state index in [0.717, 1.165) is 25.7 Å². The van der Waals surface area contributed by atoms with Crippen molar-refractivity contribution in [2.45, 2.75) is 93.3 Å². The molecule has 0 aliphatic rings. The highest BCUT2D eigenvalue weighted by atomic mass is 31.2. The van der Waals surface area contributed by atoms with Crippen molar-refractivity contribution in [2.75, 3.05) is 13.0 Å². The van der Waals surface area contributed by atoms with Gasteiger partial charge in [-0.2, -0.15) is 0 Å². The molecule has 0 unspecified atom stereocenters. The first kappa shape index (κ1) is 26.3. The molecular weight excluding hydrogens is 359 g/mol. The summed E-state index contributed by atoms with van der Waals surface area (Å²) in [5.74, 6) is 0. The van der Waals surface area contributed by atoms with Crippen LogP contribution < -0.4 is 0 Å². The van der Waals surface area contributed by atoms with E-state index < -0.39 is 7.60 Å². The van der Waals surface area contributed by atoms with E-state index in [1.807, 2.05) is 33.8 Å². The molecule has 0 fully saturated rings. The Morgan fingerprint density at radius 2 is 1.30 bits per heavy atom. The second kappa shape index (κ2) is 14.3. The third-order valence-corrected chi connectivity index (χ3v) is 5.65. The minimum Gasteiger partial charge on any atom is -0.365 e. The number of allylic oxidation sites excluding steroid dienone is 5. The second-order valence-electron chi connectivity index (χ2n) is 7.88. The van der Waals surface area contributed by atoms with E-state index >= 15 is 0 Å². The Kier molecular flexibility index (Phi) is 14.0. The van der Waals surface area contributed by atoms with Crippen molar-refractivity contribution >= 4 is 7.60 Å². The topological polar surface area (TPSA) is 44.8 Å². The van der Waals surface area contributed by atoms with E-state index in [-0.39, 0.29) is 18.6 Å². The van der Waals surface area contributed by atoms with Gasteiger partial charge in [0, 0.05) is 0 Å². The fraction of sp³-hybridized carbons (Fsp3) is 0.727. The Balaban J connectivity index is 4.26. The molecule has 0 aliphatic carbocycles. The molecule has 0 N–H and O–H groups in total. The van der Waals surface area contributed by atoms with Gasteiger partial charge in [-0.15, -0.1) is 0 Å². The maximum absolute atomic E-state index is 12.7. The Labute approximate surface area is 167 Å². The first-order valence-corrected chi connectivity index (χ1v) is 11.7. The average Bonchev–Trinajstić information content (AvgIpc) is 2.49. The van der Waals surface area contributed by atoms with Crippen molar-refractivity contribution in [3.63, 3.8) is 0 Å². The summed E-state index contributed by atoms with van der Waals surface area (Å²) in [5, 5.41) is 0. The number of hydrogen-bond donors (Lipinski definition) is 0. The van der Waals surface area contributed by atoms with Crippen molar-refractivity contribution < 1.29 is 18.3 Å². The van der Waals surface area contributed by atoms with Crippen LogP contribution in [0.5, 0.6) is 0 Å². The monoisotopic (exact) mass is 400 g/mol. The molecule has 0 aliphatic heterocycles. The molecule has 0 radical (unpaired) electrons. The van der Waals surface area contributed by atoms with Gasteiger partial charge < -0.3 is 13.8 Å². The van der Waals surface area contributed by atoms with E-state index in [1.54, 1.807) is 0 Å². The van der Waals surface area contributed by atoms with E-state index in [2.05, 4.69) is 39.8 Å². The molecule has 0 spiro atoms. The van der Waals surface area contributed by atoms with Gasteiger partial charge in [0.05, 0.1) is 18.8 Å². The maximum atomic E-state index is 12.7. The summed E-state index contributed by atoms with van der Waals surface area (Å²) in [6.07, 6.45) is 10.6. The summed E-state index contributed by atoms with van der Waals surface area (Å²) in [7, 11) is -3.21. The van der Waals surface area contributed by atoms with Crippen LogP contribution in [-0.2, 0) is 18.3 Å². The van der Waals surface area contributed by atoms with E-state index in [1.165, 1.54) is 16.7 Å². The summed E-state index contributed by atoms with van der Waals surface area (Å²) >= 11 is 0. The zero-order valence-corrected chi connectivity index (χ0v) is 19.6. The molecule has 0 amide bonds. The lowest BCUT2D eigenvalue weighted by molar-refractivity contribution is 0.107. The van der Waals surface area contributed by atoms with Gasteiger partial charge in [-0.3, -0.25) is 4.57 Å². The van der Waals surface area contributed by atoms with Gasteiger partial charge in [-0.25, -0.2) is 0 Å². The van der Waals surface area contributed by atoms with Crippen molar-refractivity contribution in [3.8, 4) is 0 Å². The van der Waals surface area contributed by atoms with Crippen LogP contribution in [0, 0.1) is 0 Å². The van der Waals surface area contributed by atoms with E-state index in [9.17, 15) is 4.57 Å². The van der Waals surface area contributed by atoms with Crippen LogP contribution >= 0.6 is 7.60 Å². The van der Waals surface area contributed by atoms with Gasteiger partial charge >= 0.3 is 7.60 Å². The van der Waals surface area contributed by atoms with Crippen LogP contribution in [0.25, 0.3) is 0 Å². The number of hydrogen-bond acceptors (Lipinski definition) is 4. The summed E-state index contributed by atoms with van der Waals surface area (Å²) in [6, 6.07) is 0. The predicted octanol–water partition coefficient (Wildman–Crippen LogP) is 7.42. The summed E-state index contributed by atoms with van der Waals surface area (Å²) in [6.45, 7) is 16.4. The van der Waals surface area contributed by atoms with Gasteiger partial charge in [-0.1, -0.05) is 34.9 Å². The van der Waals surface area contributed by atoms with Gasteiger partial charge in [0.2, 0.25) is 0 Å². The Hall–Kier alpha value is -0.670. The molecular formula is C22H41O4P. The highest BCUT2D eigenvalue weighted by molar-refractivity contribution is 7.53. The first-order valence-electron chi connectivity index (χ1n) is 10.0. The Morgan fingerprint density at radius 3 is 1.78 bits per heavy atom. The molecule has 0 atom stereocenters. The highest BCUT2D eigenvalue weighted by Gasteiger charge is 2.27. The quantitative estimate of drug-likeness (QED) is 0.173. The molecule has 27 heavy (non-hydrogen) atoms. The lowest BCUT2D eigenvalue weighted by atomic mass is 10.1. The fourth-order valence-corrected chi connectivity index (χ4v) is 4.22. The predicted molar refractivity (Wildman–Crippen MR) is 116 cm³/mol. The smallest absolute Gasteiger partial charge is 0.356 e. The first-order chi connectivity index (χ1) is 12.5. The molecule has 0 aromatic rings. The standard InChI is InChI=1S/C22H41O4P/c1-18(2)11-9-12-21(7)13-10-14-22(8)15-16-24-17-27(23,25-19(3)4)26-20(5)6/h11,13,15,19-20H,9-10,12,14,16-17H2,1-8H3/b21-13+,22-15+. The van der Waals surface area contributed by atoms with E-state index in [0.29, 0.717) is 6.61 Å². The molecule has 5 heteroatoms. The van der Waals surface area contributed by atoms with Crippen molar-refractivity contribution in [2.24, 2.45) is 0 Å². The van der Waals surface area contributed by atoms with Gasteiger partial charge in [0.25, 0.3) is 0 Å². The molecule has 0 saturated heterocycles. The lowest BCUT2D eigenvalue weighted by Gasteiger charge is -2.22. The van der Waals surface area contributed by atoms with Crippen LogP contribution in [0.15, 0.2) is 34.9 Å². The molecule has 0 aromatic carbocycles. The van der Waals surface area contributed by atoms with Crippen LogP contribution in [0.4, 0.5) is 0 Å². The summed E-state index contributed by atoms with van der Waals surface area (Å²) < 4.78 is 29.2. The molecule has 0 aromatic heterocycles. The maximum Gasteiger partial charge on any atom is 0.356 e. The highest BCUT2D eigenvalue weighted by Crippen LogP contribution is 2.50. The van der Waals surface area contributed by atoms with Crippen molar-refractivity contribution in [1.29, 1.82) is 0 Å². The van der Waals surface area contributed by atoms with Crippen molar-refractivity contribution in [1.82, 2.24) is 0 Å². The zero-order valence-electron chi connectivity index (χ0n) is 18.7. The summed E-state index contributed by atoms with van der Waals surface area (Å²) in [4.78, 5) is 0. The van der Waals surface area contributed by atoms with E-state index in [4.69, 9.17) is 13.8 Å². The van der Waals surface area contributed by atoms with Gasteiger partial charge in [0.1, 0.15) is 6.35 Å². The van der Waals surface area contributed by atoms with Crippen LogP contribution in [-0.4, -0.2) is 25.2 Å². The van der Waals surface area contributed by atoms with Crippen LogP contribution in [0.1, 0.15) is 81.1 Å². The molecule has 0 heterocycles. The van der Waals surface area contributed by atoms with Gasteiger partial charge in [-0.05, 0) is 81.1 Å². The molecule has 0 rings (SSSR count). The third kappa shape index (κ3) is 16.0. The van der Waals surface area contributed by atoms with Crippen molar-refractivity contribution in [3.05, 3.63) is 34.9 Å². The van der Waals surface area contributed by atoms with Gasteiger partial charge in [0.15, 0.2) is 0 Å².